The Morgan fingerprint density at radius 2 is 1.75 bits per heavy atom. The number of rotatable bonds is 2. The Kier molecular flexibility index (Phi) is 21.0. The van der Waals surface area contributed by atoms with Crippen molar-refractivity contribution >= 4 is 0 Å². The van der Waals surface area contributed by atoms with Crippen LogP contribution in [0.4, 0.5) is 0 Å². The summed E-state index contributed by atoms with van der Waals surface area (Å²) in [7, 11) is 1.56. The van der Waals surface area contributed by atoms with Gasteiger partial charge in [-0.25, -0.2) is 0 Å². The van der Waals surface area contributed by atoms with E-state index >= 15 is 0 Å². The molecule has 3 heteroatoms. The van der Waals surface area contributed by atoms with Crippen LogP contribution in [0.15, 0.2) is 12.8 Å². The number of aliphatic hydroxyl groups is 2. The summed E-state index contributed by atoms with van der Waals surface area (Å²) in [6.45, 7) is 3.01. The van der Waals surface area contributed by atoms with E-state index in [-0.39, 0.29) is 13.2 Å². The maximum atomic E-state index is 7.62. The van der Waals surface area contributed by atoms with Gasteiger partial charge in [0.25, 0.3) is 0 Å². The van der Waals surface area contributed by atoms with Crippen molar-refractivity contribution in [3.63, 3.8) is 0 Å². The lowest BCUT2D eigenvalue weighted by molar-refractivity contribution is 0.186. The summed E-state index contributed by atoms with van der Waals surface area (Å²) >= 11 is 0. The molecule has 0 saturated heterocycles. The van der Waals surface area contributed by atoms with Gasteiger partial charge in [-0.3, -0.25) is 0 Å². The van der Waals surface area contributed by atoms with Crippen LogP contribution in [0.25, 0.3) is 0 Å². The van der Waals surface area contributed by atoms with Crippen molar-refractivity contribution in [2.75, 3.05) is 20.3 Å². The zero-order valence-corrected chi connectivity index (χ0v) is 5.00. The highest BCUT2D eigenvalue weighted by Crippen LogP contribution is 1.52. The van der Waals surface area contributed by atoms with Crippen LogP contribution in [0.1, 0.15) is 0 Å². The minimum absolute atomic E-state index is 0.125. The second-order valence-electron chi connectivity index (χ2n) is 0.850. The Balaban J connectivity index is 0. The molecule has 8 heavy (non-hydrogen) atoms. The SMILES string of the molecule is C=COC.OCCO. The van der Waals surface area contributed by atoms with Crippen LogP contribution >= 0.6 is 0 Å². The minimum Gasteiger partial charge on any atom is -0.505 e. The van der Waals surface area contributed by atoms with E-state index in [9.17, 15) is 0 Å². The third kappa shape index (κ3) is 51.0. The summed E-state index contributed by atoms with van der Waals surface area (Å²) in [5, 5.41) is 15.2. The molecule has 0 aliphatic carbocycles. The van der Waals surface area contributed by atoms with E-state index < -0.39 is 0 Å². The molecular formula is C5H12O3. The average Bonchev–Trinajstić information content (AvgIpc) is 1.88. The van der Waals surface area contributed by atoms with Crippen LogP contribution < -0.4 is 0 Å². The smallest absolute Gasteiger partial charge is 0.0766 e. The summed E-state index contributed by atoms with van der Waals surface area (Å²) in [4.78, 5) is 0. The quantitative estimate of drug-likeness (QED) is 0.494. The molecule has 0 radical (unpaired) electrons. The molecule has 0 fully saturated rings. The van der Waals surface area contributed by atoms with Crippen molar-refractivity contribution in [2.24, 2.45) is 0 Å². The van der Waals surface area contributed by atoms with Gasteiger partial charge in [0.2, 0.25) is 0 Å². The van der Waals surface area contributed by atoms with E-state index in [1.807, 2.05) is 0 Å². The monoisotopic (exact) mass is 120 g/mol. The van der Waals surface area contributed by atoms with E-state index in [4.69, 9.17) is 10.2 Å². The first-order valence-corrected chi connectivity index (χ1v) is 2.18. The molecule has 0 unspecified atom stereocenters. The normalized spacial score (nSPS) is 6.38. The summed E-state index contributed by atoms with van der Waals surface area (Å²) in [6, 6.07) is 0. The van der Waals surface area contributed by atoms with Crippen molar-refractivity contribution in [3.8, 4) is 0 Å². The predicted molar refractivity (Wildman–Crippen MR) is 31.4 cm³/mol. The van der Waals surface area contributed by atoms with Crippen molar-refractivity contribution in [1.29, 1.82) is 0 Å². The molecule has 0 bridgehead atoms. The zero-order valence-electron chi connectivity index (χ0n) is 5.00. The lowest BCUT2D eigenvalue weighted by Gasteiger charge is -1.73. The highest BCUT2D eigenvalue weighted by atomic mass is 16.5. The maximum absolute atomic E-state index is 7.62. The molecule has 50 valence electrons. The number of aliphatic hydroxyl groups excluding tert-OH is 2. The van der Waals surface area contributed by atoms with Gasteiger partial charge < -0.3 is 14.9 Å². The van der Waals surface area contributed by atoms with Gasteiger partial charge >= 0.3 is 0 Å². The minimum atomic E-state index is -0.125. The molecule has 0 amide bonds. The van der Waals surface area contributed by atoms with Gasteiger partial charge in [0, 0.05) is 0 Å². The van der Waals surface area contributed by atoms with Gasteiger partial charge in [0.1, 0.15) is 0 Å². The van der Waals surface area contributed by atoms with Gasteiger partial charge in [0.15, 0.2) is 0 Å². The van der Waals surface area contributed by atoms with E-state index in [0.29, 0.717) is 0 Å². The Hall–Kier alpha value is -0.540. The second-order valence-corrected chi connectivity index (χ2v) is 0.850. The fourth-order valence-electron chi connectivity index (χ4n) is 0. The lowest BCUT2D eigenvalue weighted by Crippen LogP contribution is -1.85. The molecule has 0 atom stereocenters. The third-order valence-corrected chi connectivity index (χ3v) is 0.267. The molecule has 0 aromatic carbocycles. The molecule has 3 nitrogen and oxygen atoms in total. The van der Waals surface area contributed by atoms with Crippen molar-refractivity contribution in [2.45, 2.75) is 0 Å². The van der Waals surface area contributed by atoms with Crippen molar-refractivity contribution in [1.82, 2.24) is 0 Å². The van der Waals surface area contributed by atoms with Crippen molar-refractivity contribution in [3.05, 3.63) is 12.8 Å². The van der Waals surface area contributed by atoms with Gasteiger partial charge in [-0.05, 0) is 0 Å². The van der Waals surface area contributed by atoms with E-state index in [2.05, 4.69) is 11.3 Å². The van der Waals surface area contributed by atoms with E-state index in [1.54, 1.807) is 7.11 Å². The molecule has 2 N–H and O–H groups in total. The molecule has 0 aliphatic rings. The average molecular weight is 120 g/mol. The molecule has 0 aromatic rings. The molecule has 0 spiro atoms. The first kappa shape index (κ1) is 10.4. The summed E-state index contributed by atoms with van der Waals surface area (Å²) in [6.07, 6.45) is 1.38. The number of methoxy groups -OCH3 is 1. The third-order valence-electron chi connectivity index (χ3n) is 0.267. The summed E-state index contributed by atoms with van der Waals surface area (Å²) < 4.78 is 4.31. The molecule has 0 aromatic heterocycles. The first-order chi connectivity index (χ1) is 3.83. The first-order valence-electron chi connectivity index (χ1n) is 2.18. The number of ether oxygens (including phenoxy) is 1. The van der Waals surface area contributed by atoms with E-state index in [1.165, 1.54) is 6.26 Å². The van der Waals surface area contributed by atoms with Gasteiger partial charge in [0.05, 0.1) is 26.6 Å². The highest BCUT2D eigenvalue weighted by Gasteiger charge is 1.58. The van der Waals surface area contributed by atoms with Crippen LogP contribution in [0.3, 0.4) is 0 Å². The standard InChI is InChI=1S/C3H6O.C2H6O2/c1-3-4-2;3-1-2-4/h3H,1H2,2H3;3-4H,1-2H2. The van der Waals surface area contributed by atoms with Crippen LogP contribution in [-0.4, -0.2) is 30.5 Å². The van der Waals surface area contributed by atoms with Crippen LogP contribution in [0.5, 0.6) is 0 Å². The topological polar surface area (TPSA) is 49.7 Å². The Morgan fingerprint density at radius 1 is 1.50 bits per heavy atom. The molecule has 0 aliphatic heterocycles. The largest absolute Gasteiger partial charge is 0.505 e. The molecule has 0 heterocycles. The summed E-state index contributed by atoms with van der Waals surface area (Å²) in [5.74, 6) is 0. The fraction of sp³-hybridized carbons (Fsp3) is 0.600. The molecule has 0 rings (SSSR count). The zero-order chi connectivity index (χ0) is 6.83. The Labute approximate surface area is 49.2 Å². The summed E-state index contributed by atoms with van der Waals surface area (Å²) in [5.41, 5.74) is 0. The number of hydrogen-bond acceptors (Lipinski definition) is 3. The van der Waals surface area contributed by atoms with Gasteiger partial charge in [-0.15, -0.1) is 0 Å². The number of hydrogen-bond donors (Lipinski definition) is 2. The van der Waals surface area contributed by atoms with Crippen LogP contribution in [0, 0.1) is 0 Å². The maximum Gasteiger partial charge on any atom is 0.0766 e. The second kappa shape index (κ2) is 16.1. The molecule has 0 saturated carbocycles. The Bertz CT molecular complexity index is 34.7. The lowest BCUT2D eigenvalue weighted by atomic mass is 10.8. The fourth-order valence-corrected chi connectivity index (χ4v) is 0. The Morgan fingerprint density at radius 3 is 1.75 bits per heavy atom. The highest BCUT2D eigenvalue weighted by molar-refractivity contribution is 4.43. The van der Waals surface area contributed by atoms with Crippen molar-refractivity contribution < 1.29 is 14.9 Å². The van der Waals surface area contributed by atoms with Gasteiger partial charge in [-0.1, -0.05) is 6.58 Å². The predicted octanol–water partition coefficient (Wildman–Crippen LogP) is -0.253. The molecular weight excluding hydrogens is 108 g/mol. The van der Waals surface area contributed by atoms with Gasteiger partial charge in [-0.2, -0.15) is 0 Å². The van der Waals surface area contributed by atoms with Crippen LogP contribution in [0.2, 0.25) is 0 Å². The van der Waals surface area contributed by atoms with Crippen LogP contribution in [-0.2, 0) is 4.74 Å². The van der Waals surface area contributed by atoms with E-state index in [0.717, 1.165) is 0 Å².